The summed E-state index contributed by atoms with van der Waals surface area (Å²) in [6, 6.07) is 4.09. The van der Waals surface area contributed by atoms with Gasteiger partial charge in [0.25, 0.3) is 0 Å². The highest BCUT2D eigenvalue weighted by molar-refractivity contribution is 5.99. The molecule has 0 unspecified atom stereocenters. The quantitative estimate of drug-likeness (QED) is 0.572. The predicted molar refractivity (Wildman–Crippen MR) is 80.3 cm³/mol. The summed E-state index contributed by atoms with van der Waals surface area (Å²) in [6.07, 6.45) is 0.898. The van der Waals surface area contributed by atoms with E-state index in [9.17, 15) is 14.4 Å². The van der Waals surface area contributed by atoms with Gasteiger partial charge in [0.1, 0.15) is 11.4 Å². The fraction of sp³-hybridized carbons (Fsp3) is 0.267. The molecule has 1 aromatic carbocycles. The second-order valence-electron chi connectivity index (χ2n) is 4.15. The highest BCUT2D eigenvalue weighted by Gasteiger charge is 2.16. The van der Waals surface area contributed by atoms with E-state index in [2.05, 4.69) is 14.8 Å². The van der Waals surface area contributed by atoms with E-state index in [1.807, 2.05) is 0 Å². The van der Waals surface area contributed by atoms with E-state index in [-0.39, 0.29) is 16.9 Å². The van der Waals surface area contributed by atoms with Crippen molar-refractivity contribution in [3.05, 3.63) is 35.5 Å². The first-order chi connectivity index (χ1) is 10.9. The molecule has 0 radical (unpaired) electrons. The Morgan fingerprint density at radius 2 is 1.91 bits per heavy atom. The second kappa shape index (κ2) is 8.42. The number of hydrogen-bond donors (Lipinski definition) is 2. The molecule has 0 fully saturated rings. The van der Waals surface area contributed by atoms with Gasteiger partial charge in [-0.15, -0.1) is 0 Å². The molecular formula is C15H17NO7. The maximum absolute atomic E-state index is 11.7. The number of esters is 2. The summed E-state index contributed by atoms with van der Waals surface area (Å²) in [5, 5.41) is 11.7. The Morgan fingerprint density at radius 3 is 2.43 bits per heavy atom. The van der Waals surface area contributed by atoms with E-state index < -0.39 is 17.9 Å². The number of carboxylic acids is 1. The number of methoxy groups -OCH3 is 2. The van der Waals surface area contributed by atoms with E-state index in [0.717, 1.165) is 20.3 Å². The van der Waals surface area contributed by atoms with Crippen LogP contribution in [-0.4, -0.2) is 43.8 Å². The van der Waals surface area contributed by atoms with Crippen LogP contribution in [0.2, 0.25) is 0 Å². The molecule has 8 heteroatoms. The molecule has 0 saturated heterocycles. The maximum atomic E-state index is 11.7. The summed E-state index contributed by atoms with van der Waals surface area (Å²) in [5.74, 6) is -2.42. The minimum atomic E-state index is -1.15. The first-order valence-electron chi connectivity index (χ1n) is 6.58. The summed E-state index contributed by atoms with van der Waals surface area (Å²) in [7, 11) is 2.30. The first kappa shape index (κ1) is 18.0. The number of anilines is 1. The Labute approximate surface area is 132 Å². The molecule has 0 aliphatic heterocycles. The molecule has 124 valence electrons. The van der Waals surface area contributed by atoms with Crippen molar-refractivity contribution in [2.45, 2.75) is 6.92 Å². The van der Waals surface area contributed by atoms with E-state index in [4.69, 9.17) is 9.84 Å². The normalized spacial score (nSPS) is 10.7. The third-order valence-corrected chi connectivity index (χ3v) is 2.66. The van der Waals surface area contributed by atoms with Crippen molar-refractivity contribution < 1.29 is 33.7 Å². The van der Waals surface area contributed by atoms with Gasteiger partial charge in [-0.2, -0.15) is 0 Å². The molecule has 0 aliphatic rings. The van der Waals surface area contributed by atoms with Crippen molar-refractivity contribution in [2.75, 3.05) is 26.1 Å². The Bertz CT molecular complexity index is 637. The van der Waals surface area contributed by atoms with Crippen LogP contribution in [0.3, 0.4) is 0 Å². The van der Waals surface area contributed by atoms with E-state index in [1.165, 1.54) is 18.2 Å². The molecule has 0 heterocycles. The molecule has 0 aliphatic carbocycles. The molecule has 0 saturated carbocycles. The highest BCUT2D eigenvalue weighted by atomic mass is 16.5. The van der Waals surface area contributed by atoms with Gasteiger partial charge in [-0.25, -0.2) is 14.4 Å². The molecule has 1 aromatic rings. The lowest BCUT2D eigenvalue weighted by molar-refractivity contribution is -0.138. The second-order valence-corrected chi connectivity index (χ2v) is 4.15. The largest absolute Gasteiger partial charge is 0.492 e. The van der Waals surface area contributed by atoms with Crippen molar-refractivity contribution >= 4 is 23.6 Å². The summed E-state index contributed by atoms with van der Waals surface area (Å²) in [5.41, 5.74) is -0.0339. The molecule has 0 atom stereocenters. The third kappa shape index (κ3) is 5.03. The smallest absolute Gasteiger partial charge is 0.354 e. The van der Waals surface area contributed by atoms with E-state index in [0.29, 0.717) is 12.4 Å². The van der Waals surface area contributed by atoms with Crippen LogP contribution in [0.25, 0.3) is 0 Å². The van der Waals surface area contributed by atoms with Gasteiger partial charge >= 0.3 is 17.9 Å². The summed E-state index contributed by atoms with van der Waals surface area (Å²) < 4.78 is 14.4. The lowest BCUT2D eigenvalue weighted by atomic mass is 10.1. The average Bonchev–Trinajstić information content (AvgIpc) is 2.54. The molecule has 23 heavy (non-hydrogen) atoms. The fourth-order valence-electron chi connectivity index (χ4n) is 1.62. The number of nitrogens with one attached hydrogen (secondary N) is 1. The van der Waals surface area contributed by atoms with Crippen LogP contribution in [0.5, 0.6) is 5.75 Å². The first-order valence-corrected chi connectivity index (χ1v) is 6.58. The minimum Gasteiger partial charge on any atom is -0.492 e. The number of benzene rings is 1. The fourth-order valence-corrected chi connectivity index (χ4v) is 1.62. The SMILES string of the molecule is CCOc1ccc(C(=O)O)cc1N/C(=C/C(=O)OC)C(=O)OC. The van der Waals surface area contributed by atoms with Crippen molar-refractivity contribution in [1.29, 1.82) is 0 Å². The number of aromatic carboxylic acids is 1. The van der Waals surface area contributed by atoms with Gasteiger partial charge in [0, 0.05) is 0 Å². The van der Waals surface area contributed by atoms with Crippen LogP contribution >= 0.6 is 0 Å². The Balaban J connectivity index is 3.26. The number of carbonyl (C=O) groups is 3. The van der Waals surface area contributed by atoms with Gasteiger partial charge in [-0.05, 0) is 25.1 Å². The Kier molecular flexibility index (Phi) is 6.60. The van der Waals surface area contributed by atoms with Crippen LogP contribution in [0.4, 0.5) is 5.69 Å². The van der Waals surface area contributed by atoms with Crippen LogP contribution in [0, 0.1) is 0 Å². The number of hydrogen-bond acceptors (Lipinski definition) is 7. The van der Waals surface area contributed by atoms with Gasteiger partial charge in [-0.3, -0.25) is 0 Å². The molecule has 1 rings (SSSR count). The molecule has 2 N–H and O–H groups in total. The van der Waals surface area contributed by atoms with Crippen LogP contribution < -0.4 is 10.1 Å². The van der Waals surface area contributed by atoms with Gasteiger partial charge < -0.3 is 24.6 Å². The van der Waals surface area contributed by atoms with Gasteiger partial charge in [0.05, 0.1) is 38.2 Å². The molecule has 0 amide bonds. The summed E-state index contributed by atoms with van der Waals surface area (Å²) >= 11 is 0. The Morgan fingerprint density at radius 1 is 1.22 bits per heavy atom. The van der Waals surface area contributed by atoms with Crippen LogP contribution in [-0.2, 0) is 19.1 Å². The molecule has 8 nitrogen and oxygen atoms in total. The maximum Gasteiger partial charge on any atom is 0.354 e. The van der Waals surface area contributed by atoms with E-state index in [1.54, 1.807) is 6.92 Å². The van der Waals surface area contributed by atoms with Crippen molar-refractivity contribution in [3.8, 4) is 5.75 Å². The zero-order valence-corrected chi connectivity index (χ0v) is 12.9. The molecular weight excluding hydrogens is 306 g/mol. The zero-order valence-electron chi connectivity index (χ0n) is 12.9. The Hall–Kier alpha value is -3.03. The number of carboxylic acid groups (broad SMARTS) is 1. The highest BCUT2D eigenvalue weighted by Crippen LogP contribution is 2.27. The molecule has 0 spiro atoms. The predicted octanol–water partition coefficient (Wildman–Crippen LogP) is 1.43. The zero-order chi connectivity index (χ0) is 17.4. The lowest BCUT2D eigenvalue weighted by Gasteiger charge is -2.14. The standard InChI is InChI=1S/C15H17NO7/c1-4-23-12-6-5-9(14(18)19)7-10(12)16-11(15(20)22-3)8-13(17)21-2/h5-8,16H,4H2,1-3H3,(H,18,19)/b11-8+. The number of carbonyl (C=O) groups excluding carboxylic acids is 2. The minimum absolute atomic E-state index is 0.0155. The van der Waals surface area contributed by atoms with Gasteiger partial charge in [0.2, 0.25) is 0 Å². The van der Waals surface area contributed by atoms with Crippen molar-refractivity contribution in [1.82, 2.24) is 0 Å². The number of rotatable bonds is 7. The summed E-state index contributed by atoms with van der Waals surface area (Å²) in [6.45, 7) is 2.08. The van der Waals surface area contributed by atoms with Gasteiger partial charge in [-0.1, -0.05) is 0 Å². The van der Waals surface area contributed by atoms with Crippen LogP contribution in [0.15, 0.2) is 30.0 Å². The molecule has 0 aromatic heterocycles. The monoisotopic (exact) mass is 323 g/mol. The van der Waals surface area contributed by atoms with Crippen molar-refractivity contribution in [3.63, 3.8) is 0 Å². The lowest BCUT2D eigenvalue weighted by Crippen LogP contribution is -2.16. The van der Waals surface area contributed by atoms with Gasteiger partial charge in [0.15, 0.2) is 0 Å². The van der Waals surface area contributed by atoms with Crippen molar-refractivity contribution in [2.24, 2.45) is 0 Å². The van der Waals surface area contributed by atoms with Crippen LogP contribution in [0.1, 0.15) is 17.3 Å². The number of ether oxygens (including phenoxy) is 3. The average molecular weight is 323 g/mol. The van der Waals surface area contributed by atoms with E-state index >= 15 is 0 Å². The summed E-state index contributed by atoms with van der Waals surface area (Å²) in [4.78, 5) is 34.2. The molecule has 0 bridgehead atoms. The third-order valence-electron chi connectivity index (χ3n) is 2.66. The topological polar surface area (TPSA) is 111 Å².